The Bertz CT molecular complexity index is 482. The normalized spacial score (nSPS) is 10.8. The maximum Gasteiger partial charge on any atom is 0.326 e. The molecule has 0 fully saturated rings. The predicted molar refractivity (Wildman–Crippen MR) is 45.7 cm³/mol. The van der Waals surface area contributed by atoms with Crippen LogP contribution in [0.4, 0.5) is 5.82 Å². The van der Waals surface area contributed by atoms with Gasteiger partial charge in [0.15, 0.2) is 0 Å². The molecule has 12 heavy (non-hydrogen) atoms. The molecule has 0 atom stereocenters. The number of nitrogens with one attached hydrogen (secondary N) is 1. The van der Waals surface area contributed by atoms with Gasteiger partial charge in [-0.15, -0.1) is 0 Å². The van der Waals surface area contributed by atoms with E-state index in [-0.39, 0.29) is 5.69 Å². The van der Waals surface area contributed by atoms with Crippen LogP contribution in [-0.4, -0.2) is 14.5 Å². The zero-order valence-electron chi connectivity index (χ0n) is 6.53. The molecule has 0 unspecified atom stereocenters. The van der Waals surface area contributed by atoms with Crippen LogP contribution in [0, 0.1) is 0 Å². The minimum absolute atomic E-state index is 0.176. The van der Waals surface area contributed by atoms with E-state index < -0.39 is 0 Å². The van der Waals surface area contributed by atoms with Gasteiger partial charge in [0, 0.05) is 13.2 Å². The van der Waals surface area contributed by atoms with Crippen molar-refractivity contribution in [3.05, 3.63) is 22.7 Å². The first-order chi connectivity index (χ1) is 5.70. The number of fused-ring (bicyclic) bond motifs is 1. The fourth-order valence-electron chi connectivity index (χ4n) is 1.22. The molecular weight excluding hydrogens is 156 g/mol. The first kappa shape index (κ1) is 6.90. The topological polar surface area (TPSA) is 76.7 Å². The first-order valence-corrected chi connectivity index (χ1v) is 3.49. The highest BCUT2D eigenvalue weighted by atomic mass is 16.1. The highest BCUT2D eigenvalue weighted by molar-refractivity contribution is 5.84. The van der Waals surface area contributed by atoms with Crippen molar-refractivity contribution in [3.8, 4) is 0 Å². The molecule has 3 N–H and O–H groups in total. The first-order valence-electron chi connectivity index (χ1n) is 3.49. The van der Waals surface area contributed by atoms with Gasteiger partial charge in [0.25, 0.3) is 0 Å². The van der Waals surface area contributed by atoms with Crippen LogP contribution < -0.4 is 11.4 Å². The molecule has 5 nitrogen and oxygen atoms in total. The molecule has 0 aliphatic heterocycles. The number of nitrogens with zero attached hydrogens (tertiary/aromatic N) is 2. The molecule has 0 aliphatic carbocycles. The van der Waals surface area contributed by atoms with Gasteiger partial charge < -0.3 is 10.7 Å². The number of anilines is 1. The molecule has 0 saturated carbocycles. The van der Waals surface area contributed by atoms with E-state index in [0.29, 0.717) is 11.3 Å². The molecule has 2 heterocycles. The summed E-state index contributed by atoms with van der Waals surface area (Å²) >= 11 is 0. The van der Waals surface area contributed by atoms with E-state index in [1.54, 1.807) is 19.3 Å². The van der Waals surface area contributed by atoms with Crippen LogP contribution in [0.15, 0.2) is 17.1 Å². The number of rotatable bonds is 0. The lowest BCUT2D eigenvalue weighted by atomic mass is 10.4. The fourth-order valence-corrected chi connectivity index (χ4v) is 1.22. The number of hydrogen-bond donors (Lipinski definition) is 2. The van der Waals surface area contributed by atoms with Gasteiger partial charge in [-0.05, 0) is 6.07 Å². The van der Waals surface area contributed by atoms with E-state index in [1.807, 2.05) is 0 Å². The van der Waals surface area contributed by atoms with Gasteiger partial charge in [0.1, 0.15) is 11.3 Å². The molecule has 0 bridgehead atoms. The zero-order chi connectivity index (χ0) is 8.72. The van der Waals surface area contributed by atoms with Gasteiger partial charge in [-0.25, -0.2) is 9.78 Å². The Morgan fingerprint density at radius 1 is 1.67 bits per heavy atom. The standard InChI is InChI=1S/C7H8N4O/c1-11-5-4(10-7(11)12)2-3-9-6(5)8/h2-3H,1H3,(H2,8,9)(H,10,12). The van der Waals surface area contributed by atoms with Crippen molar-refractivity contribution in [2.24, 2.45) is 7.05 Å². The Morgan fingerprint density at radius 2 is 2.42 bits per heavy atom. The summed E-state index contributed by atoms with van der Waals surface area (Å²) in [7, 11) is 1.65. The van der Waals surface area contributed by atoms with Gasteiger partial charge in [-0.3, -0.25) is 4.57 Å². The maximum atomic E-state index is 11.1. The zero-order valence-corrected chi connectivity index (χ0v) is 6.53. The molecule has 0 radical (unpaired) electrons. The van der Waals surface area contributed by atoms with Crippen LogP contribution in [0.25, 0.3) is 11.0 Å². The second kappa shape index (κ2) is 2.10. The van der Waals surface area contributed by atoms with Crippen LogP contribution in [0.1, 0.15) is 0 Å². The van der Waals surface area contributed by atoms with Crippen molar-refractivity contribution in [1.29, 1.82) is 0 Å². The number of pyridine rings is 1. The minimum atomic E-state index is -0.176. The molecule has 0 spiro atoms. The molecular formula is C7H8N4O. The van der Waals surface area contributed by atoms with Crippen LogP contribution in [-0.2, 0) is 7.05 Å². The monoisotopic (exact) mass is 164 g/mol. The van der Waals surface area contributed by atoms with E-state index in [9.17, 15) is 4.79 Å². The molecule has 2 aromatic rings. The Labute approximate surface area is 67.8 Å². The second-order valence-corrected chi connectivity index (χ2v) is 2.58. The quantitative estimate of drug-likeness (QED) is 0.568. The molecule has 2 rings (SSSR count). The summed E-state index contributed by atoms with van der Waals surface area (Å²) in [6, 6.07) is 1.72. The summed E-state index contributed by atoms with van der Waals surface area (Å²) in [6.45, 7) is 0. The van der Waals surface area contributed by atoms with Gasteiger partial charge in [-0.2, -0.15) is 0 Å². The largest absolute Gasteiger partial charge is 0.382 e. The summed E-state index contributed by atoms with van der Waals surface area (Å²) in [5, 5.41) is 0. The number of nitrogens with two attached hydrogens (primary N) is 1. The molecule has 0 saturated heterocycles. The number of hydrogen-bond acceptors (Lipinski definition) is 3. The van der Waals surface area contributed by atoms with Gasteiger partial charge in [0.2, 0.25) is 0 Å². The van der Waals surface area contributed by atoms with Crippen LogP contribution in [0.3, 0.4) is 0 Å². The second-order valence-electron chi connectivity index (χ2n) is 2.58. The number of aryl methyl sites for hydroxylation is 1. The number of aromatic amines is 1. The molecule has 0 amide bonds. The van der Waals surface area contributed by atoms with Crippen LogP contribution in [0.5, 0.6) is 0 Å². The van der Waals surface area contributed by atoms with Crippen molar-refractivity contribution in [2.75, 3.05) is 5.73 Å². The third-order valence-corrected chi connectivity index (χ3v) is 1.83. The summed E-state index contributed by atoms with van der Waals surface area (Å²) in [5.41, 5.74) is 6.78. The Kier molecular flexibility index (Phi) is 1.21. The SMILES string of the molecule is Cn1c(=O)[nH]c2ccnc(N)c21. The average molecular weight is 164 g/mol. The van der Waals surface area contributed by atoms with Gasteiger partial charge in [-0.1, -0.05) is 0 Å². The maximum absolute atomic E-state index is 11.1. The lowest BCUT2D eigenvalue weighted by Crippen LogP contribution is -2.12. The van der Waals surface area contributed by atoms with Crippen molar-refractivity contribution < 1.29 is 0 Å². The number of imidazole rings is 1. The molecule has 2 aromatic heterocycles. The fraction of sp³-hybridized carbons (Fsp3) is 0.143. The lowest BCUT2D eigenvalue weighted by Gasteiger charge is -1.95. The number of aromatic nitrogens is 3. The van der Waals surface area contributed by atoms with E-state index in [1.165, 1.54) is 4.57 Å². The average Bonchev–Trinajstić information content (AvgIpc) is 2.29. The highest BCUT2D eigenvalue weighted by Crippen LogP contribution is 2.12. The van der Waals surface area contributed by atoms with Crippen molar-refractivity contribution in [1.82, 2.24) is 14.5 Å². The van der Waals surface area contributed by atoms with Crippen molar-refractivity contribution in [3.63, 3.8) is 0 Å². The third kappa shape index (κ3) is 0.730. The summed E-state index contributed by atoms with van der Waals surface area (Å²) in [4.78, 5) is 17.6. The lowest BCUT2D eigenvalue weighted by molar-refractivity contribution is 0.891. The minimum Gasteiger partial charge on any atom is -0.382 e. The van der Waals surface area contributed by atoms with Crippen LogP contribution >= 0.6 is 0 Å². The summed E-state index contributed by atoms with van der Waals surface area (Å²) in [5.74, 6) is 0.369. The molecule has 62 valence electrons. The van der Waals surface area contributed by atoms with Gasteiger partial charge in [0.05, 0.1) is 5.52 Å². The Balaban J connectivity index is 3.07. The third-order valence-electron chi connectivity index (χ3n) is 1.83. The molecule has 0 aromatic carbocycles. The predicted octanol–water partition coefficient (Wildman–Crippen LogP) is -0.156. The Morgan fingerprint density at radius 3 is 3.08 bits per heavy atom. The van der Waals surface area contributed by atoms with Gasteiger partial charge >= 0.3 is 5.69 Å². The van der Waals surface area contributed by atoms with E-state index in [0.717, 1.165) is 5.52 Å². The number of nitrogen functional groups attached to an aromatic ring is 1. The van der Waals surface area contributed by atoms with E-state index in [4.69, 9.17) is 5.73 Å². The molecule has 0 aliphatic rings. The summed E-state index contributed by atoms with van der Waals surface area (Å²) in [6.07, 6.45) is 1.56. The number of H-pyrrole nitrogens is 1. The highest BCUT2D eigenvalue weighted by Gasteiger charge is 2.05. The van der Waals surface area contributed by atoms with Crippen molar-refractivity contribution >= 4 is 16.9 Å². The van der Waals surface area contributed by atoms with Crippen LogP contribution in [0.2, 0.25) is 0 Å². The summed E-state index contributed by atoms with van der Waals surface area (Å²) < 4.78 is 1.44. The van der Waals surface area contributed by atoms with E-state index >= 15 is 0 Å². The molecule has 5 heteroatoms. The smallest absolute Gasteiger partial charge is 0.326 e. The Hall–Kier alpha value is -1.78. The van der Waals surface area contributed by atoms with E-state index in [2.05, 4.69) is 9.97 Å². The van der Waals surface area contributed by atoms with Crippen molar-refractivity contribution in [2.45, 2.75) is 0 Å².